The molecule has 0 spiro atoms. The van der Waals surface area contributed by atoms with Crippen molar-refractivity contribution in [2.45, 2.75) is 38.6 Å². The third-order valence-corrected chi connectivity index (χ3v) is 4.29. The number of piperidine rings is 1. The average Bonchev–Trinajstić information content (AvgIpc) is 2.55. The summed E-state index contributed by atoms with van der Waals surface area (Å²) in [6.45, 7) is 4.29. The largest absolute Gasteiger partial charge is 0.426 e. The van der Waals surface area contributed by atoms with Gasteiger partial charge in [0.05, 0.1) is 11.9 Å². The maximum absolute atomic E-state index is 12.1. The highest BCUT2D eigenvalue weighted by molar-refractivity contribution is 5.81. The fourth-order valence-corrected chi connectivity index (χ4v) is 3.01. The fourth-order valence-electron chi connectivity index (χ4n) is 3.01. The molecule has 0 aliphatic carbocycles. The predicted molar refractivity (Wildman–Crippen MR) is 86.9 cm³/mol. The second-order valence-electron chi connectivity index (χ2n) is 5.98. The molecule has 22 heavy (non-hydrogen) atoms. The SMILES string of the molecule is CC(CC(=O)Oc1ccc2cccnc2c1)N1CCCCC1. The van der Waals surface area contributed by atoms with E-state index in [4.69, 9.17) is 4.74 Å². The molecule has 1 aliphatic heterocycles. The minimum Gasteiger partial charge on any atom is -0.426 e. The van der Waals surface area contributed by atoms with E-state index >= 15 is 0 Å². The molecule has 0 N–H and O–H groups in total. The van der Waals surface area contributed by atoms with Crippen LogP contribution in [0.25, 0.3) is 10.9 Å². The van der Waals surface area contributed by atoms with Gasteiger partial charge >= 0.3 is 5.97 Å². The summed E-state index contributed by atoms with van der Waals surface area (Å²) in [5, 5.41) is 1.05. The van der Waals surface area contributed by atoms with E-state index in [1.807, 2.05) is 30.3 Å². The summed E-state index contributed by atoms with van der Waals surface area (Å²) in [6.07, 6.45) is 5.94. The molecule has 1 aromatic heterocycles. The first kappa shape index (κ1) is 15.0. The van der Waals surface area contributed by atoms with Crippen LogP contribution in [0, 0.1) is 0 Å². The Hall–Kier alpha value is -1.94. The van der Waals surface area contributed by atoms with E-state index in [-0.39, 0.29) is 12.0 Å². The van der Waals surface area contributed by atoms with Gasteiger partial charge in [0.15, 0.2) is 0 Å². The van der Waals surface area contributed by atoms with Gasteiger partial charge in [0.25, 0.3) is 0 Å². The number of rotatable bonds is 4. The van der Waals surface area contributed by atoms with Crippen molar-refractivity contribution in [2.24, 2.45) is 0 Å². The molecule has 1 aromatic carbocycles. The van der Waals surface area contributed by atoms with Gasteiger partial charge in [-0.1, -0.05) is 12.5 Å². The lowest BCUT2D eigenvalue weighted by Gasteiger charge is -2.31. The number of ether oxygens (including phenoxy) is 1. The van der Waals surface area contributed by atoms with Crippen LogP contribution in [-0.2, 0) is 4.79 Å². The Morgan fingerprint density at radius 2 is 2.09 bits per heavy atom. The van der Waals surface area contributed by atoms with Crippen molar-refractivity contribution in [3.63, 3.8) is 0 Å². The zero-order chi connectivity index (χ0) is 15.4. The summed E-state index contributed by atoms with van der Waals surface area (Å²) < 4.78 is 5.48. The van der Waals surface area contributed by atoms with Gasteiger partial charge in [-0.3, -0.25) is 9.78 Å². The number of carbonyl (C=O) groups is 1. The molecule has 0 saturated carbocycles. The van der Waals surface area contributed by atoms with Crippen LogP contribution in [0.15, 0.2) is 36.5 Å². The van der Waals surface area contributed by atoms with Crippen LogP contribution < -0.4 is 4.74 Å². The van der Waals surface area contributed by atoms with Gasteiger partial charge in [-0.15, -0.1) is 0 Å². The summed E-state index contributed by atoms with van der Waals surface area (Å²) >= 11 is 0. The van der Waals surface area contributed by atoms with Crippen molar-refractivity contribution in [2.75, 3.05) is 13.1 Å². The molecule has 116 valence electrons. The maximum atomic E-state index is 12.1. The topological polar surface area (TPSA) is 42.4 Å². The molecule has 1 fully saturated rings. The number of likely N-dealkylation sites (tertiary alicyclic amines) is 1. The van der Waals surface area contributed by atoms with E-state index < -0.39 is 0 Å². The van der Waals surface area contributed by atoms with Crippen LogP contribution in [0.4, 0.5) is 0 Å². The third kappa shape index (κ3) is 3.63. The average molecular weight is 298 g/mol. The van der Waals surface area contributed by atoms with Crippen LogP contribution in [0.2, 0.25) is 0 Å². The summed E-state index contributed by atoms with van der Waals surface area (Å²) in [6, 6.07) is 9.71. The monoisotopic (exact) mass is 298 g/mol. The molecule has 1 atom stereocenters. The van der Waals surface area contributed by atoms with Crippen LogP contribution in [-0.4, -0.2) is 35.0 Å². The number of nitrogens with zero attached hydrogens (tertiary/aromatic N) is 2. The van der Waals surface area contributed by atoms with Gasteiger partial charge in [0, 0.05) is 23.7 Å². The van der Waals surface area contributed by atoms with E-state index in [9.17, 15) is 4.79 Å². The number of aromatic nitrogens is 1. The van der Waals surface area contributed by atoms with Crippen LogP contribution in [0.5, 0.6) is 5.75 Å². The van der Waals surface area contributed by atoms with Gasteiger partial charge in [0.1, 0.15) is 5.75 Å². The van der Waals surface area contributed by atoms with Crippen molar-refractivity contribution < 1.29 is 9.53 Å². The normalized spacial score (nSPS) is 17.3. The number of fused-ring (bicyclic) bond motifs is 1. The minimum absolute atomic E-state index is 0.173. The third-order valence-electron chi connectivity index (χ3n) is 4.29. The van der Waals surface area contributed by atoms with Crippen molar-refractivity contribution in [3.8, 4) is 5.75 Å². The predicted octanol–water partition coefficient (Wildman–Crippen LogP) is 3.40. The molecule has 3 rings (SSSR count). The molecule has 0 bridgehead atoms. The van der Waals surface area contributed by atoms with Crippen molar-refractivity contribution in [1.82, 2.24) is 9.88 Å². The molecular formula is C18H22N2O2. The first-order valence-corrected chi connectivity index (χ1v) is 8.02. The summed E-state index contributed by atoms with van der Waals surface area (Å²) in [7, 11) is 0. The van der Waals surface area contributed by atoms with Gasteiger partial charge in [-0.25, -0.2) is 0 Å². The molecule has 2 aromatic rings. The quantitative estimate of drug-likeness (QED) is 0.641. The van der Waals surface area contributed by atoms with Crippen molar-refractivity contribution in [3.05, 3.63) is 36.5 Å². The lowest BCUT2D eigenvalue weighted by Crippen LogP contribution is -2.39. The van der Waals surface area contributed by atoms with Crippen molar-refractivity contribution >= 4 is 16.9 Å². The number of carbonyl (C=O) groups excluding carboxylic acids is 1. The van der Waals surface area contributed by atoms with Crippen LogP contribution >= 0.6 is 0 Å². The smallest absolute Gasteiger partial charge is 0.312 e. The zero-order valence-electron chi connectivity index (χ0n) is 13.0. The molecule has 4 heteroatoms. The van der Waals surface area contributed by atoms with E-state index in [1.165, 1.54) is 19.3 Å². The van der Waals surface area contributed by atoms with E-state index in [1.54, 1.807) is 6.20 Å². The molecular weight excluding hydrogens is 276 g/mol. The molecule has 1 unspecified atom stereocenters. The van der Waals surface area contributed by atoms with E-state index in [0.29, 0.717) is 12.2 Å². The standard InChI is InChI=1S/C18H22N2O2/c1-14(20-10-3-2-4-11-20)12-18(21)22-16-8-7-15-6-5-9-19-17(15)13-16/h5-9,13-14H,2-4,10-12H2,1H3. The molecule has 0 radical (unpaired) electrons. The fraction of sp³-hybridized carbons (Fsp3) is 0.444. The van der Waals surface area contributed by atoms with Gasteiger partial charge in [-0.05, 0) is 51.1 Å². The van der Waals surface area contributed by atoms with E-state index in [0.717, 1.165) is 24.0 Å². The van der Waals surface area contributed by atoms with E-state index in [2.05, 4.69) is 16.8 Å². The highest BCUT2D eigenvalue weighted by Crippen LogP contribution is 2.20. The molecule has 1 saturated heterocycles. The lowest BCUT2D eigenvalue weighted by molar-refractivity contribution is -0.135. The summed E-state index contributed by atoms with van der Waals surface area (Å²) in [5.74, 6) is 0.399. The van der Waals surface area contributed by atoms with Crippen LogP contribution in [0.1, 0.15) is 32.6 Å². The van der Waals surface area contributed by atoms with Gasteiger partial charge in [0.2, 0.25) is 0 Å². The number of pyridine rings is 1. The Bertz CT molecular complexity index is 650. The second kappa shape index (κ2) is 6.88. The Morgan fingerprint density at radius 3 is 2.91 bits per heavy atom. The lowest BCUT2D eigenvalue weighted by atomic mass is 10.1. The molecule has 2 heterocycles. The summed E-state index contributed by atoms with van der Waals surface area (Å²) in [4.78, 5) is 18.8. The Morgan fingerprint density at radius 1 is 1.27 bits per heavy atom. The minimum atomic E-state index is -0.173. The number of hydrogen-bond acceptors (Lipinski definition) is 4. The summed E-state index contributed by atoms with van der Waals surface area (Å²) in [5.41, 5.74) is 0.844. The number of benzene rings is 1. The molecule has 4 nitrogen and oxygen atoms in total. The molecule has 0 amide bonds. The first-order valence-electron chi connectivity index (χ1n) is 8.02. The zero-order valence-corrected chi connectivity index (χ0v) is 13.0. The highest BCUT2D eigenvalue weighted by atomic mass is 16.5. The van der Waals surface area contributed by atoms with Crippen LogP contribution in [0.3, 0.4) is 0 Å². The Labute approximate surface area is 131 Å². The highest BCUT2D eigenvalue weighted by Gasteiger charge is 2.20. The Balaban J connectivity index is 1.60. The number of esters is 1. The maximum Gasteiger partial charge on any atom is 0.312 e. The first-order chi connectivity index (χ1) is 10.7. The second-order valence-corrected chi connectivity index (χ2v) is 5.98. The van der Waals surface area contributed by atoms with Crippen molar-refractivity contribution in [1.29, 1.82) is 0 Å². The van der Waals surface area contributed by atoms with Gasteiger partial charge in [-0.2, -0.15) is 0 Å². The Kier molecular flexibility index (Phi) is 4.68. The number of hydrogen-bond donors (Lipinski definition) is 0. The van der Waals surface area contributed by atoms with Gasteiger partial charge < -0.3 is 9.64 Å². The molecule has 1 aliphatic rings.